The van der Waals surface area contributed by atoms with Gasteiger partial charge in [0.2, 0.25) is 0 Å². The molecular formula is C48H33N3. The smallest absolute Gasteiger partial charge is 0.0978 e. The van der Waals surface area contributed by atoms with E-state index in [-0.39, 0.29) is 5.41 Å². The maximum atomic E-state index is 5.30. The number of nitrogens with zero attached hydrogens (tertiary/aromatic N) is 3. The van der Waals surface area contributed by atoms with E-state index in [1.54, 1.807) is 0 Å². The third kappa shape index (κ3) is 4.62. The summed E-state index contributed by atoms with van der Waals surface area (Å²) in [4.78, 5) is 15.8. The second kappa shape index (κ2) is 11.3. The molecule has 240 valence electrons. The molecule has 10 rings (SSSR count). The lowest BCUT2D eigenvalue weighted by molar-refractivity contribution is 0.662. The topological polar surface area (TPSA) is 38.7 Å². The molecule has 0 N–H and O–H groups in total. The lowest BCUT2D eigenvalue weighted by Crippen LogP contribution is -2.16. The molecule has 1 aliphatic carbocycles. The Morgan fingerprint density at radius 3 is 1.78 bits per heavy atom. The van der Waals surface area contributed by atoms with Gasteiger partial charge in [0.15, 0.2) is 0 Å². The molecule has 0 bridgehead atoms. The standard InChI is InChI=1S/C48H33N3/c1-48(2)39-19-11-9-17-36(39)46-44(48)43(37-18-10-12-20-42(37)51-46)33-23-21-30(22-24-33)38-29-34-25-27-40(31-13-5-3-6-14-31)49-45(34)47-35(38)26-28-41(50-47)32-15-7-4-8-16-32/h3-29H,1-2H3. The number of fused-ring (bicyclic) bond motifs is 7. The Balaban J connectivity index is 1.17. The first-order valence-electron chi connectivity index (χ1n) is 17.5. The Kier molecular flexibility index (Phi) is 6.53. The highest BCUT2D eigenvalue weighted by atomic mass is 14.8. The van der Waals surface area contributed by atoms with E-state index in [0.717, 1.165) is 66.7 Å². The fourth-order valence-electron chi connectivity index (χ4n) is 8.15. The molecule has 3 heterocycles. The van der Waals surface area contributed by atoms with E-state index >= 15 is 0 Å². The largest absolute Gasteiger partial charge is 0.247 e. The van der Waals surface area contributed by atoms with Crippen LogP contribution in [-0.2, 0) is 5.41 Å². The number of hydrogen-bond donors (Lipinski definition) is 0. The van der Waals surface area contributed by atoms with E-state index in [1.165, 1.54) is 33.2 Å². The Hall–Kier alpha value is -6.45. The lowest BCUT2D eigenvalue weighted by Gasteiger charge is -2.25. The highest BCUT2D eigenvalue weighted by molar-refractivity contribution is 6.11. The van der Waals surface area contributed by atoms with Gasteiger partial charge in [0.05, 0.1) is 33.6 Å². The molecule has 9 aromatic rings. The normalized spacial score (nSPS) is 13.1. The molecule has 0 fully saturated rings. The predicted molar refractivity (Wildman–Crippen MR) is 212 cm³/mol. The van der Waals surface area contributed by atoms with Gasteiger partial charge in [-0.3, -0.25) is 0 Å². The number of para-hydroxylation sites is 1. The maximum absolute atomic E-state index is 5.30. The minimum atomic E-state index is -0.181. The van der Waals surface area contributed by atoms with E-state index in [4.69, 9.17) is 15.0 Å². The molecule has 0 unspecified atom stereocenters. The van der Waals surface area contributed by atoms with Crippen molar-refractivity contribution >= 4 is 32.7 Å². The van der Waals surface area contributed by atoms with Crippen molar-refractivity contribution < 1.29 is 0 Å². The summed E-state index contributed by atoms with van der Waals surface area (Å²) < 4.78 is 0. The van der Waals surface area contributed by atoms with Gasteiger partial charge in [0, 0.05) is 38.3 Å². The first-order chi connectivity index (χ1) is 25.0. The Bertz CT molecular complexity index is 2800. The minimum absolute atomic E-state index is 0.181. The van der Waals surface area contributed by atoms with Gasteiger partial charge in [0.1, 0.15) is 0 Å². The van der Waals surface area contributed by atoms with E-state index in [0.29, 0.717) is 0 Å². The third-order valence-corrected chi connectivity index (χ3v) is 10.6. The van der Waals surface area contributed by atoms with Crippen LogP contribution in [0.4, 0.5) is 0 Å². The number of pyridine rings is 3. The van der Waals surface area contributed by atoms with Crippen molar-refractivity contribution in [2.75, 3.05) is 0 Å². The molecule has 0 spiro atoms. The summed E-state index contributed by atoms with van der Waals surface area (Å²) >= 11 is 0. The first-order valence-corrected chi connectivity index (χ1v) is 17.5. The summed E-state index contributed by atoms with van der Waals surface area (Å²) in [6.45, 7) is 4.67. The highest BCUT2D eigenvalue weighted by Crippen LogP contribution is 2.53. The number of aromatic nitrogens is 3. The first kappa shape index (κ1) is 29.5. The predicted octanol–water partition coefficient (Wildman–Crippen LogP) is 12.3. The van der Waals surface area contributed by atoms with Crippen LogP contribution in [0.1, 0.15) is 25.0 Å². The summed E-state index contributed by atoms with van der Waals surface area (Å²) in [6.07, 6.45) is 0. The average Bonchev–Trinajstić information content (AvgIpc) is 3.42. The van der Waals surface area contributed by atoms with Crippen molar-refractivity contribution in [3.63, 3.8) is 0 Å². The van der Waals surface area contributed by atoms with Gasteiger partial charge < -0.3 is 0 Å². The molecule has 1 aliphatic rings. The molecular weight excluding hydrogens is 619 g/mol. The second-order valence-corrected chi connectivity index (χ2v) is 14.0. The zero-order valence-electron chi connectivity index (χ0n) is 28.4. The fourth-order valence-corrected chi connectivity index (χ4v) is 8.15. The van der Waals surface area contributed by atoms with E-state index < -0.39 is 0 Å². The quantitative estimate of drug-likeness (QED) is 0.178. The molecule has 51 heavy (non-hydrogen) atoms. The third-order valence-electron chi connectivity index (χ3n) is 10.6. The fraction of sp³-hybridized carbons (Fsp3) is 0.0625. The van der Waals surface area contributed by atoms with Crippen LogP contribution < -0.4 is 0 Å². The van der Waals surface area contributed by atoms with Crippen molar-refractivity contribution in [2.24, 2.45) is 0 Å². The van der Waals surface area contributed by atoms with Gasteiger partial charge >= 0.3 is 0 Å². The molecule has 3 nitrogen and oxygen atoms in total. The summed E-state index contributed by atoms with van der Waals surface area (Å²) in [5.74, 6) is 0. The summed E-state index contributed by atoms with van der Waals surface area (Å²) in [5.41, 5.74) is 16.4. The van der Waals surface area contributed by atoms with Gasteiger partial charge in [0.25, 0.3) is 0 Å². The van der Waals surface area contributed by atoms with Crippen molar-refractivity contribution in [3.8, 4) is 56.0 Å². The molecule has 0 saturated heterocycles. The zero-order chi connectivity index (χ0) is 34.1. The Morgan fingerprint density at radius 2 is 1.04 bits per heavy atom. The number of rotatable bonds is 4. The monoisotopic (exact) mass is 651 g/mol. The van der Waals surface area contributed by atoms with Crippen LogP contribution in [0, 0.1) is 0 Å². The van der Waals surface area contributed by atoms with E-state index in [2.05, 4.69) is 166 Å². The van der Waals surface area contributed by atoms with Gasteiger partial charge in [-0.1, -0.05) is 147 Å². The van der Waals surface area contributed by atoms with Crippen LogP contribution in [0.3, 0.4) is 0 Å². The zero-order valence-corrected chi connectivity index (χ0v) is 28.4. The highest BCUT2D eigenvalue weighted by Gasteiger charge is 2.39. The molecule has 0 atom stereocenters. The molecule has 0 aliphatic heterocycles. The lowest BCUT2D eigenvalue weighted by atomic mass is 9.78. The van der Waals surface area contributed by atoms with Crippen LogP contribution in [0.2, 0.25) is 0 Å². The molecule has 3 aromatic heterocycles. The van der Waals surface area contributed by atoms with Gasteiger partial charge in [-0.25, -0.2) is 15.0 Å². The van der Waals surface area contributed by atoms with Crippen molar-refractivity contribution in [1.82, 2.24) is 15.0 Å². The van der Waals surface area contributed by atoms with Crippen LogP contribution in [-0.4, -0.2) is 15.0 Å². The van der Waals surface area contributed by atoms with Crippen LogP contribution in [0.5, 0.6) is 0 Å². The molecule has 6 aromatic carbocycles. The number of hydrogen-bond acceptors (Lipinski definition) is 3. The van der Waals surface area contributed by atoms with E-state index in [1.807, 2.05) is 12.1 Å². The van der Waals surface area contributed by atoms with Crippen molar-refractivity contribution in [1.29, 1.82) is 0 Å². The molecule has 0 amide bonds. The van der Waals surface area contributed by atoms with Crippen LogP contribution >= 0.6 is 0 Å². The SMILES string of the molecule is CC1(C)c2ccccc2-c2nc3ccccc3c(-c3ccc(-c4cc5ccc(-c6ccccc6)nc5c5nc(-c6ccccc6)ccc45)cc3)c21. The second-order valence-electron chi connectivity index (χ2n) is 14.0. The van der Waals surface area contributed by atoms with Crippen molar-refractivity contribution in [2.45, 2.75) is 19.3 Å². The van der Waals surface area contributed by atoms with Gasteiger partial charge in [-0.05, 0) is 63.7 Å². The Morgan fingerprint density at radius 1 is 0.431 bits per heavy atom. The Labute approximate surface area is 297 Å². The molecule has 0 radical (unpaired) electrons. The average molecular weight is 652 g/mol. The van der Waals surface area contributed by atoms with E-state index in [9.17, 15) is 0 Å². The van der Waals surface area contributed by atoms with Crippen molar-refractivity contribution in [3.05, 3.63) is 175 Å². The number of benzene rings is 6. The van der Waals surface area contributed by atoms with Gasteiger partial charge in [-0.2, -0.15) is 0 Å². The summed E-state index contributed by atoms with van der Waals surface area (Å²) in [6, 6.07) is 58.1. The summed E-state index contributed by atoms with van der Waals surface area (Å²) in [7, 11) is 0. The van der Waals surface area contributed by atoms with Gasteiger partial charge in [-0.15, -0.1) is 0 Å². The molecule has 0 saturated carbocycles. The molecule has 3 heteroatoms. The van der Waals surface area contributed by atoms with Crippen LogP contribution in [0.15, 0.2) is 164 Å². The maximum Gasteiger partial charge on any atom is 0.0978 e. The van der Waals surface area contributed by atoms with Crippen LogP contribution in [0.25, 0.3) is 88.7 Å². The minimum Gasteiger partial charge on any atom is -0.247 e. The summed E-state index contributed by atoms with van der Waals surface area (Å²) in [5, 5.41) is 3.33.